The van der Waals surface area contributed by atoms with Crippen molar-refractivity contribution in [3.05, 3.63) is 16.3 Å². The zero-order valence-electron chi connectivity index (χ0n) is 15.4. The maximum absolute atomic E-state index is 11.9. The predicted molar refractivity (Wildman–Crippen MR) is 107 cm³/mol. The van der Waals surface area contributed by atoms with Crippen molar-refractivity contribution in [2.24, 2.45) is 5.92 Å². The molecule has 0 spiro atoms. The number of alkyl halides is 1. The molecule has 1 fully saturated rings. The molecular weight excluding hydrogens is 368 g/mol. The highest BCUT2D eigenvalue weighted by Gasteiger charge is 2.28. The molecule has 7 heteroatoms. The highest BCUT2D eigenvalue weighted by molar-refractivity contribution is 7.19. The van der Waals surface area contributed by atoms with Crippen LogP contribution in [0.3, 0.4) is 0 Å². The van der Waals surface area contributed by atoms with Gasteiger partial charge in [-0.3, -0.25) is 4.79 Å². The minimum absolute atomic E-state index is 0.0234. The minimum Gasteiger partial charge on any atom is -0.352 e. The Morgan fingerprint density at radius 2 is 2.04 bits per heavy atom. The van der Waals surface area contributed by atoms with Crippen LogP contribution in [-0.4, -0.2) is 52.8 Å². The molecule has 2 aromatic rings. The van der Waals surface area contributed by atoms with Gasteiger partial charge in [0.2, 0.25) is 5.91 Å². The predicted octanol–water partition coefficient (Wildman–Crippen LogP) is 3.27. The number of aromatic nitrogens is 2. The third-order valence-electron chi connectivity index (χ3n) is 5.54. The standard InChI is InChI=1S/C19H25ClN4OS/c1-3-15-21-18(24-8-6-23(7-9-24)16(25)11-20)17-13-5-4-12(2)10-14(13)26-19(17)22-15/h12H,3-11H2,1-2H3/t12-/m0/s1. The number of amides is 1. The van der Waals surface area contributed by atoms with Crippen LogP contribution in [0, 0.1) is 5.92 Å². The number of thiophene rings is 1. The molecule has 0 unspecified atom stereocenters. The number of carbonyl (C=O) groups is 1. The molecule has 0 bridgehead atoms. The molecule has 2 aromatic heterocycles. The van der Waals surface area contributed by atoms with E-state index in [1.165, 1.54) is 22.2 Å². The third-order valence-corrected chi connectivity index (χ3v) is 6.92. The molecule has 0 aromatic carbocycles. The van der Waals surface area contributed by atoms with Gasteiger partial charge in [-0.05, 0) is 30.7 Å². The molecule has 1 atom stereocenters. The van der Waals surface area contributed by atoms with E-state index in [-0.39, 0.29) is 11.8 Å². The average molecular weight is 393 g/mol. The Bertz CT molecular complexity index is 829. The third kappa shape index (κ3) is 3.18. The van der Waals surface area contributed by atoms with E-state index in [9.17, 15) is 4.79 Å². The first-order valence-electron chi connectivity index (χ1n) is 9.50. The van der Waals surface area contributed by atoms with E-state index in [1.807, 2.05) is 16.2 Å². The summed E-state index contributed by atoms with van der Waals surface area (Å²) in [4.78, 5) is 28.5. The summed E-state index contributed by atoms with van der Waals surface area (Å²) in [7, 11) is 0. The molecule has 1 saturated heterocycles. The SMILES string of the molecule is CCc1nc(N2CCN(C(=O)CCl)CC2)c2c3c(sc2n1)C[C@@H](C)CC3. The molecular formula is C19H25ClN4OS. The number of halogens is 1. The molecule has 2 aliphatic rings. The van der Waals surface area contributed by atoms with E-state index in [2.05, 4.69) is 18.7 Å². The summed E-state index contributed by atoms with van der Waals surface area (Å²) in [6.45, 7) is 7.48. The summed E-state index contributed by atoms with van der Waals surface area (Å²) in [6.07, 6.45) is 4.37. The lowest BCUT2D eigenvalue weighted by Crippen LogP contribution is -2.49. The van der Waals surface area contributed by atoms with Crippen LogP contribution in [-0.2, 0) is 24.1 Å². The quantitative estimate of drug-likeness (QED) is 0.752. The number of hydrogen-bond donors (Lipinski definition) is 0. The number of nitrogens with zero attached hydrogens (tertiary/aromatic N) is 4. The van der Waals surface area contributed by atoms with Crippen molar-refractivity contribution in [3.8, 4) is 0 Å². The van der Waals surface area contributed by atoms with Gasteiger partial charge in [0, 0.05) is 37.5 Å². The highest BCUT2D eigenvalue weighted by Crippen LogP contribution is 2.41. The van der Waals surface area contributed by atoms with Gasteiger partial charge in [0.25, 0.3) is 0 Å². The molecule has 5 nitrogen and oxygen atoms in total. The summed E-state index contributed by atoms with van der Waals surface area (Å²) in [5.41, 5.74) is 1.47. The number of hydrogen-bond acceptors (Lipinski definition) is 5. The Kier molecular flexibility index (Phi) is 5.06. The summed E-state index contributed by atoms with van der Waals surface area (Å²) in [5.74, 6) is 2.84. The summed E-state index contributed by atoms with van der Waals surface area (Å²) in [6, 6.07) is 0. The van der Waals surface area contributed by atoms with E-state index >= 15 is 0 Å². The van der Waals surface area contributed by atoms with Crippen LogP contribution in [0.4, 0.5) is 5.82 Å². The van der Waals surface area contributed by atoms with Crippen LogP contribution in [0.25, 0.3) is 10.2 Å². The number of rotatable bonds is 3. The van der Waals surface area contributed by atoms with Gasteiger partial charge < -0.3 is 9.80 Å². The number of piperazine rings is 1. The Balaban J connectivity index is 1.71. The molecule has 0 saturated carbocycles. The van der Waals surface area contributed by atoms with E-state index in [1.54, 1.807) is 0 Å². The molecule has 26 heavy (non-hydrogen) atoms. The summed E-state index contributed by atoms with van der Waals surface area (Å²) < 4.78 is 0. The van der Waals surface area contributed by atoms with E-state index in [0.29, 0.717) is 13.1 Å². The van der Waals surface area contributed by atoms with Gasteiger partial charge in [-0.15, -0.1) is 22.9 Å². The topological polar surface area (TPSA) is 49.3 Å². The summed E-state index contributed by atoms with van der Waals surface area (Å²) in [5, 5.41) is 1.27. The largest absolute Gasteiger partial charge is 0.352 e. The van der Waals surface area contributed by atoms with Crippen LogP contribution in [0.5, 0.6) is 0 Å². The van der Waals surface area contributed by atoms with Gasteiger partial charge >= 0.3 is 0 Å². The number of fused-ring (bicyclic) bond motifs is 3. The van der Waals surface area contributed by atoms with Crippen LogP contribution in [0.15, 0.2) is 0 Å². The molecule has 1 amide bonds. The number of carbonyl (C=O) groups excluding carboxylic acids is 1. The fraction of sp³-hybridized carbons (Fsp3) is 0.632. The monoisotopic (exact) mass is 392 g/mol. The lowest BCUT2D eigenvalue weighted by molar-refractivity contribution is -0.128. The van der Waals surface area contributed by atoms with Gasteiger partial charge in [0.05, 0.1) is 5.39 Å². The molecule has 0 radical (unpaired) electrons. The first-order chi connectivity index (χ1) is 12.6. The van der Waals surface area contributed by atoms with Crippen molar-refractivity contribution in [2.75, 3.05) is 37.0 Å². The van der Waals surface area contributed by atoms with Crippen molar-refractivity contribution in [2.45, 2.75) is 39.5 Å². The van der Waals surface area contributed by atoms with Gasteiger partial charge in [-0.25, -0.2) is 9.97 Å². The van der Waals surface area contributed by atoms with Gasteiger partial charge in [0.1, 0.15) is 22.4 Å². The van der Waals surface area contributed by atoms with Crippen molar-refractivity contribution in [1.82, 2.24) is 14.9 Å². The Morgan fingerprint density at radius 1 is 1.27 bits per heavy atom. The molecule has 4 rings (SSSR count). The van der Waals surface area contributed by atoms with Crippen LogP contribution >= 0.6 is 22.9 Å². The van der Waals surface area contributed by atoms with Gasteiger partial charge in [-0.2, -0.15) is 0 Å². The van der Waals surface area contributed by atoms with Crippen LogP contribution < -0.4 is 4.90 Å². The molecule has 1 aliphatic heterocycles. The molecule has 1 aliphatic carbocycles. The maximum atomic E-state index is 11.9. The zero-order valence-corrected chi connectivity index (χ0v) is 17.0. The van der Waals surface area contributed by atoms with Crippen molar-refractivity contribution in [3.63, 3.8) is 0 Å². The lowest BCUT2D eigenvalue weighted by atomic mass is 9.89. The second-order valence-electron chi connectivity index (χ2n) is 7.35. The van der Waals surface area contributed by atoms with Gasteiger partial charge in [-0.1, -0.05) is 13.8 Å². The Morgan fingerprint density at radius 3 is 2.73 bits per heavy atom. The number of anilines is 1. The van der Waals surface area contributed by atoms with E-state index < -0.39 is 0 Å². The normalized spacial score (nSPS) is 20.5. The second-order valence-corrected chi connectivity index (χ2v) is 8.70. The first-order valence-corrected chi connectivity index (χ1v) is 10.9. The van der Waals surface area contributed by atoms with Gasteiger partial charge in [0.15, 0.2) is 0 Å². The summed E-state index contributed by atoms with van der Waals surface area (Å²) >= 11 is 7.57. The molecule has 0 N–H and O–H groups in total. The van der Waals surface area contributed by atoms with Crippen molar-refractivity contribution < 1.29 is 4.79 Å². The second kappa shape index (κ2) is 7.31. The van der Waals surface area contributed by atoms with Crippen LogP contribution in [0.1, 0.15) is 36.5 Å². The van der Waals surface area contributed by atoms with Crippen LogP contribution in [0.2, 0.25) is 0 Å². The lowest BCUT2D eigenvalue weighted by Gasteiger charge is -2.35. The first kappa shape index (κ1) is 18.0. The molecule has 3 heterocycles. The Labute approximate surface area is 163 Å². The highest BCUT2D eigenvalue weighted by atomic mass is 35.5. The average Bonchev–Trinajstić information content (AvgIpc) is 3.03. The smallest absolute Gasteiger partial charge is 0.237 e. The number of aryl methyl sites for hydroxylation is 2. The van der Waals surface area contributed by atoms with E-state index in [0.717, 1.165) is 54.7 Å². The Hall–Kier alpha value is -1.40. The fourth-order valence-electron chi connectivity index (χ4n) is 4.01. The molecule has 140 valence electrons. The fourth-order valence-corrected chi connectivity index (χ4v) is 5.57. The minimum atomic E-state index is 0.0234. The van der Waals surface area contributed by atoms with Crippen molar-refractivity contribution in [1.29, 1.82) is 0 Å². The van der Waals surface area contributed by atoms with Crippen molar-refractivity contribution >= 4 is 44.9 Å². The zero-order chi connectivity index (χ0) is 18.3. The maximum Gasteiger partial charge on any atom is 0.237 e. The van der Waals surface area contributed by atoms with E-state index in [4.69, 9.17) is 21.6 Å².